The number of ether oxygens (including phenoxy) is 1. The van der Waals surface area contributed by atoms with Gasteiger partial charge < -0.3 is 19.9 Å². The number of likely N-dealkylation sites (tertiary alicyclic amines) is 1. The number of carbonyl (C=O) groups is 2. The molecule has 1 N–H and O–H groups in total. The summed E-state index contributed by atoms with van der Waals surface area (Å²) in [5.41, 5.74) is 0.877. The molecule has 3 rings (SSSR count). The number of halogens is 1. The van der Waals surface area contributed by atoms with E-state index in [2.05, 4.69) is 10.2 Å². The van der Waals surface area contributed by atoms with Gasteiger partial charge in [-0.05, 0) is 37.5 Å². The molecule has 1 aromatic carbocycles. The minimum atomic E-state index is -0.278. The Morgan fingerprint density at radius 2 is 1.68 bits per heavy atom. The Hall–Kier alpha value is -2.35. The fourth-order valence-electron chi connectivity index (χ4n) is 3.81. The maximum atomic E-state index is 12.9. The Morgan fingerprint density at radius 3 is 2.29 bits per heavy atom. The van der Waals surface area contributed by atoms with E-state index in [1.165, 1.54) is 12.1 Å². The van der Waals surface area contributed by atoms with Crippen molar-refractivity contribution in [2.75, 3.05) is 45.9 Å². The molecule has 0 aromatic heterocycles. The lowest BCUT2D eigenvalue weighted by Crippen LogP contribution is -2.56. The smallest absolute Gasteiger partial charge is 0.409 e. The second kappa shape index (κ2) is 9.73. The van der Waals surface area contributed by atoms with Crippen molar-refractivity contribution in [3.8, 4) is 0 Å². The van der Waals surface area contributed by atoms with Gasteiger partial charge in [0.25, 0.3) is 0 Å². The average Bonchev–Trinajstić information content (AvgIpc) is 2.73. The number of hydrogen-bond acceptors (Lipinski definition) is 4. The molecule has 3 amide bonds. The Morgan fingerprint density at radius 1 is 1.04 bits per heavy atom. The summed E-state index contributed by atoms with van der Waals surface area (Å²) in [5.74, 6) is -0.278. The summed E-state index contributed by atoms with van der Waals surface area (Å²) in [6.45, 7) is 7.13. The van der Waals surface area contributed by atoms with Crippen LogP contribution in [0.2, 0.25) is 0 Å². The van der Waals surface area contributed by atoms with Crippen molar-refractivity contribution in [1.82, 2.24) is 20.0 Å². The molecule has 0 bridgehead atoms. The van der Waals surface area contributed by atoms with E-state index in [9.17, 15) is 14.0 Å². The zero-order valence-electron chi connectivity index (χ0n) is 16.4. The van der Waals surface area contributed by atoms with Crippen LogP contribution in [-0.4, -0.2) is 78.7 Å². The monoisotopic (exact) mass is 392 g/mol. The molecular weight excluding hydrogens is 363 g/mol. The number of carbonyl (C=O) groups excluding carboxylic acids is 2. The van der Waals surface area contributed by atoms with Gasteiger partial charge in [-0.15, -0.1) is 0 Å². The highest BCUT2D eigenvalue weighted by Gasteiger charge is 2.30. The molecule has 2 fully saturated rings. The van der Waals surface area contributed by atoms with Gasteiger partial charge in [-0.1, -0.05) is 12.1 Å². The van der Waals surface area contributed by atoms with E-state index in [1.54, 1.807) is 17.0 Å². The van der Waals surface area contributed by atoms with Gasteiger partial charge in [-0.3, -0.25) is 4.90 Å². The minimum Gasteiger partial charge on any atom is -0.450 e. The highest BCUT2D eigenvalue weighted by molar-refractivity contribution is 5.74. The van der Waals surface area contributed by atoms with Crippen molar-refractivity contribution in [2.45, 2.75) is 32.4 Å². The van der Waals surface area contributed by atoms with Crippen LogP contribution in [0.25, 0.3) is 0 Å². The Kier molecular flexibility index (Phi) is 7.08. The number of rotatable bonds is 4. The van der Waals surface area contributed by atoms with Gasteiger partial charge >= 0.3 is 12.1 Å². The fraction of sp³-hybridized carbons (Fsp3) is 0.600. The quantitative estimate of drug-likeness (QED) is 0.854. The van der Waals surface area contributed by atoms with Gasteiger partial charge in [-0.25, -0.2) is 14.0 Å². The molecular formula is C20H29FN4O3. The maximum absolute atomic E-state index is 12.9. The first-order chi connectivity index (χ1) is 13.6. The highest BCUT2D eigenvalue weighted by atomic mass is 19.1. The third-order valence-corrected chi connectivity index (χ3v) is 5.47. The van der Waals surface area contributed by atoms with Crippen molar-refractivity contribution in [3.63, 3.8) is 0 Å². The van der Waals surface area contributed by atoms with Crippen molar-refractivity contribution in [2.24, 2.45) is 0 Å². The zero-order valence-corrected chi connectivity index (χ0v) is 16.4. The zero-order chi connectivity index (χ0) is 19.9. The van der Waals surface area contributed by atoms with Crippen LogP contribution in [0.4, 0.5) is 14.0 Å². The predicted molar refractivity (Wildman–Crippen MR) is 103 cm³/mol. The summed E-state index contributed by atoms with van der Waals surface area (Å²) in [5, 5.41) is 2.90. The molecule has 2 heterocycles. The van der Waals surface area contributed by atoms with Gasteiger partial charge in [0.05, 0.1) is 6.61 Å². The molecule has 0 saturated carbocycles. The molecule has 0 spiro atoms. The first kappa shape index (κ1) is 20.4. The topological polar surface area (TPSA) is 65.1 Å². The maximum Gasteiger partial charge on any atom is 0.409 e. The summed E-state index contributed by atoms with van der Waals surface area (Å²) < 4.78 is 18.0. The Bertz CT molecular complexity index is 654. The van der Waals surface area contributed by atoms with Crippen molar-refractivity contribution in [3.05, 3.63) is 35.6 Å². The molecule has 154 valence electrons. The number of amides is 3. The number of piperidine rings is 1. The normalized spacial score (nSPS) is 18.8. The van der Waals surface area contributed by atoms with Crippen LogP contribution in [0.3, 0.4) is 0 Å². The third kappa shape index (κ3) is 5.34. The molecule has 0 radical (unpaired) electrons. The first-order valence-electron chi connectivity index (χ1n) is 9.99. The lowest BCUT2D eigenvalue weighted by molar-refractivity contribution is 0.0568. The van der Waals surface area contributed by atoms with E-state index >= 15 is 0 Å². The number of benzene rings is 1. The van der Waals surface area contributed by atoms with Gasteiger partial charge in [0.2, 0.25) is 0 Å². The van der Waals surface area contributed by atoms with E-state index in [0.29, 0.717) is 32.3 Å². The Labute approximate surface area is 165 Å². The van der Waals surface area contributed by atoms with Crippen LogP contribution in [-0.2, 0) is 11.3 Å². The average molecular weight is 392 g/mol. The number of piperazine rings is 1. The van der Waals surface area contributed by atoms with Crippen LogP contribution in [0.1, 0.15) is 25.3 Å². The highest BCUT2D eigenvalue weighted by Crippen LogP contribution is 2.19. The molecule has 2 saturated heterocycles. The van der Waals surface area contributed by atoms with Gasteiger partial charge in [-0.2, -0.15) is 0 Å². The van der Waals surface area contributed by atoms with E-state index in [4.69, 9.17) is 4.74 Å². The fourth-order valence-corrected chi connectivity index (χ4v) is 3.81. The minimum absolute atomic E-state index is 0.0823. The first-order valence-corrected chi connectivity index (χ1v) is 9.99. The second-order valence-electron chi connectivity index (χ2n) is 7.23. The van der Waals surface area contributed by atoms with Crippen molar-refractivity contribution in [1.29, 1.82) is 0 Å². The summed E-state index contributed by atoms with van der Waals surface area (Å²) in [4.78, 5) is 30.2. The largest absolute Gasteiger partial charge is 0.450 e. The molecule has 2 aliphatic rings. The van der Waals surface area contributed by atoms with Crippen LogP contribution < -0.4 is 5.32 Å². The van der Waals surface area contributed by atoms with Crippen molar-refractivity contribution >= 4 is 12.1 Å². The molecule has 0 unspecified atom stereocenters. The number of hydrogen-bond donors (Lipinski definition) is 1. The molecule has 1 aromatic rings. The molecule has 2 aliphatic heterocycles. The molecule has 0 aliphatic carbocycles. The molecule has 7 nitrogen and oxygen atoms in total. The van der Waals surface area contributed by atoms with E-state index < -0.39 is 0 Å². The second-order valence-corrected chi connectivity index (χ2v) is 7.23. The van der Waals surface area contributed by atoms with E-state index in [0.717, 1.165) is 44.6 Å². The predicted octanol–water partition coefficient (Wildman–Crippen LogP) is 2.27. The molecule has 28 heavy (non-hydrogen) atoms. The van der Waals surface area contributed by atoms with E-state index in [1.807, 2.05) is 11.8 Å². The van der Waals surface area contributed by atoms with Crippen LogP contribution >= 0.6 is 0 Å². The van der Waals surface area contributed by atoms with Gasteiger partial charge in [0.15, 0.2) is 0 Å². The standard InChI is InChI=1S/C20H29FN4O3/c1-2-28-20(27)25-9-7-18(8-10-25)23-11-13-24(14-12-23)19(26)22-15-16-3-5-17(21)6-4-16/h3-6,18H,2,7-15H2,1H3,(H,22,26). The van der Waals surface area contributed by atoms with Crippen LogP contribution in [0, 0.1) is 5.82 Å². The lowest BCUT2D eigenvalue weighted by atomic mass is 10.0. The third-order valence-electron chi connectivity index (χ3n) is 5.47. The summed E-state index contributed by atoms with van der Waals surface area (Å²) in [7, 11) is 0. The molecule has 8 heteroatoms. The molecule has 0 atom stereocenters. The summed E-state index contributed by atoms with van der Waals surface area (Å²) >= 11 is 0. The summed E-state index contributed by atoms with van der Waals surface area (Å²) in [6.07, 6.45) is 1.66. The summed E-state index contributed by atoms with van der Waals surface area (Å²) in [6, 6.07) is 6.52. The number of nitrogens with one attached hydrogen (secondary N) is 1. The van der Waals surface area contributed by atoms with Crippen molar-refractivity contribution < 1.29 is 18.7 Å². The SMILES string of the molecule is CCOC(=O)N1CCC(N2CCN(C(=O)NCc3ccc(F)cc3)CC2)CC1. The van der Waals surface area contributed by atoms with E-state index in [-0.39, 0.29) is 17.9 Å². The number of urea groups is 1. The Balaban J connectivity index is 1.38. The van der Waals surface area contributed by atoms with Gasteiger partial charge in [0.1, 0.15) is 5.82 Å². The van der Waals surface area contributed by atoms with Gasteiger partial charge in [0, 0.05) is 51.9 Å². The van der Waals surface area contributed by atoms with Crippen LogP contribution in [0.5, 0.6) is 0 Å². The number of nitrogens with zero attached hydrogens (tertiary/aromatic N) is 3. The van der Waals surface area contributed by atoms with Crippen LogP contribution in [0.15, 0.2) is 24.3 Å². The lowest BCUT2D eigenvalue weighted by Gasteiger charge is -2.42.